The van der Waals surface area contributed by atoms with E-state index >= 15 is 0 Å². The molecule has 0 aliphatic rings. The topological polar surface area (TPSA) is 83.7 Å². The number of carboxylic acids is 1. The molecule has 2 heterocycles. The number of aromatic nitrogens is 2. The molecule has 0 aliphatic heterocycles. The van der Waals surface area contributed by atoms with Crippen LogP contribution in [0.1, 0.15) is 26.4 Å². The second kappa shape index (κ2) is 5.73. The van der Waals surface area contributed by atoms with E-state index in [4.69, 9.17) is 16.7 Å². The molecule has 1 aromatic carbocycles. The normalized spacial score (nSPS) is 10.7. The highest BCUT2D eigenvalue weighted by Gasteiger charge is 2.14. The molecule has 6 nitrogen and oxygen atoms in total. The molecule has 0 radical (unpaired) electrons. The number of amides is 1. The van der Waals surface area contributed by atoms with E-state index in [-0.39, 0.29) is 16.3 Å². The van der Waals surface area contributed by atoms with Crippen molar-refractivity contribution in [3.8, 4) is 0 Å². The maximum absolute atomic E-state index is 12.3. The van der Waals surface area contributed by atoms with Gasteiger partial charge >= 0.3 is 5.97 Å². The predicted molar refractivity (Wildman–Crippen MR) is 86.3 cm³/mol. The average molecular weight is 330 g/mol. The Kier molecular flexibility index (Phi) is 3.75. The molecule has 0 spiro atoms. The van der Waals surface area contributed by atoms with Gasteiger partial charge in [-0.15, -0.1) is 0 Å². The summed E-state index contributed by atoms with van der Waals surface area (Å²) in [4.78, 5) is 27.7. The summed E-state index contributed by atoms with van der Waals surface area (Å²) in [7, 11) is 0. The van der Waals surface area contributed by atoms with Crippen molar-refractivity contribution in [2.24, 2.45) is 0 Å². The molecule has 1 amide bonds. The molecule has 0 aliphatic carbocycles. The number of benzene rings is 1. The van der Waals surface area contributed by atoms with Gasteiger partial charge in [-0.05, 0) is 36.8 Å². The highest BCUT2D eigenvalue weighted by Crippen LogP contribution is 2.21. The number of fused-ring (bicyclic) bond motifs is 1. The van der Waals surface area contributed by atoms with Crippen molar-refractivity contribution in [1.29, 1.82) is 0 Å². The van der Waals surface area contributed by atoms with E-state index in [1.54, 1.807) is 16.8 Å². The Bertz CT molecular complexity index is 933. The predicted octanol–water partition coefficient (Wildman–Crippen LogP) is 3.25. The van der Waals surface area contributed by atoms with Gasteiger partial charge in [0.25, 0.3) is 5.91 Å². The number of halogens is 1. The summed E-state index contributed by atoms with van der Waals surface area (Å²) in [5.41, 5.74) is 2.15. The number of anilines is 1. The third kappa shape index (κ3) is 2.89. The number of aromatic carboxylic acids is 1. The second-order valence-corrected chi connectivity index (χ2v) is 5.41. The van der Waals surface area contributed by atoms with Crippen LogP contribution in [0.25, 0.3) is 5.65 Å². The van der Waals surface area contributed by atoms with Gasteiger partial charge in [0, 0.05) is 18.1 Å². The van der Waals surface area contributed by atoms with Crippen LogP contribution in [0.2, 0.25) is 5.02 Å². The van der Waals surface area contributed by atoms with Crippen LogP contribution in [-0.4, -0.2) is 26.4 Å². The van der Waals surface area contributed by atoms with E-state index < -0.39 is 11.9 Å². The molecule has 0 unspecified atom stereocenters. The van der Waals surface area contributed by atoms with Gasteiger partial charge in [0.05, 0.1) is 10.6 Å². The maximum Gasteiger partial charge on any atom is 0.337 e. The van der Waals surface area contributed by atoms with Crippen molar-refractivity contribution in [2.75, 3.05) is 5.32 Å². The van der Waals surface area contributed by atoms with Crippen molar-refractivity contribution in [1.82, 2.24) is 9.38 Å². The number of nitrogens with zero attached hydrogens (tertiary/aromatic N) is 2. The number of imidazole rings is 1. The minimum atomic E-state index is -1.16. The van der Waals surface area contributed by atoms with E-state index in [0.29, 0.717) is 11.3 Å². The lowest BCUT2D eigenvalue weighted by molar-refractivity contribution is 0.0696. The fraction of sp³-hybridized carbons (Fsp3) is 0.0625. The number of hydrogen-bond donors (Lipinski definition) is 2. The number of hydrogen-bond acceptors (Lipinski definition) is 3. The van der Waals surface area contributed by atoms with E-state index in [1.165, 1.54) is 18.2 Å². The molecule has 0 saturated carbocycles. The molecule has 0 atom stereocenters. The number of aryl methyl sites for hydroxylation is 1. The van der Waals surface area contributed by atoms with Crippen molar-refractivity contribution in [3.05, 3.63) is 64.6 Å². The summed E-state index contributed by atoms with van der Waals surface area (Å²) in [6, 6.07) is 8.04. The Morgan fingerprint density at radius 3 is 2.78 bits per heavy atom. The van der Waals surface area contributed by atoms with Crippen LogP contribution in [0.15, 0.2) is 42.7 Å². The number of carboxylic acid groups (broad SMARTS) is 1. The van der Waals surface area contributed by atoms with Gasteiger partial charge in [-0.1, -0.05) is 17.7 Å². The third-order valence-corrected chi connectivity index (χ3v) is 3.69. The standard InChI is InChI=1S/C16H12ClN3O3/c1-9-3-2-6-20-8-13(19-14(9)20)15(21)18-10-4-5-12(17)11(7-10)16(22)23/h2-8H,1H3,(H,18,21)(H,22,23). The van der Waals surface area contributed by atoms with Gasteiger partial charge in [0.2, 0.25) is 0 Å². The van der Waals surface area contributed by atoms with Gasteiger partial charge < -0.3 is 14.8 Å². The molecular formula is C16H12ClN3O3. The van der Waals surface area contributed by atoms with Crippen LogP contribution < -0.4 is 5.32 Å². The fourth-order valence-corrected chi connectivity index (χ4v) is 2.42. The highest BCUT2D eigenvalue weighted by atomic mass is 35.5. The van der Waals surface area contributed by atoms with Gasteiger partial charge in [-0.25, -0.2) is 9.78 Å². The van der Waals surface area contributed by atoms with Gasteiger partial charge in [0.15, 0.2) is 0 Å². The largest absolute Gasteiger partial charge is 0.478 e. The lowest BCUT2D eigenvalue weighted by Gasteiger charge is -2.05. The Morgan fingerprint density at radius 2 is 2.09 bits per heavy atom. The van der Waals surface area contributed by atoms with Crippen molar-refractivity contribution >= 4 is 34.8 Å². The number of pyridine rings is 1. The maximum atomic E-state index is 12.3. The quantitative estimate of drug-likeness (QED) is 0.772. The first kappa shape index (κ1) is 15.1. The number of carbonyl (C=O) groups is 2. The van der Waals surface area contributed by atoms with E-state index in [2.05, 4.69) is 10.3 Å². The minimum absolute atomic E-state index is 0.0738. The number of rotatable bonds is 3. The first-order chi connectivity index (χ1) is 11.0. The summed E-state index contributed by atoms with van der Waals surface area (Å²) < 4.78 is 1.76. The molecular weight excluding hydrogens is 318 g/mol. The Labute approximate surface area is 136 Å². The molecule has 3 aromatic rings. The van der Waals surface area contributed by atoms with Crippen LogP contribution in [0.4, 0.5) is 5.69 Å². The van der Waals surface area contributed by atoms with E-state index in [9.17, 15) is 9.59 Å². The zero-order valence-electron chi connectivity index (χ0n) is 12.1. The summed E-state index contributed by atoms with van der Waals surface area (Å²) in [5.74, 6) is -1.58. The van der Waals surface area contributed by atoms with Crippen LogP contribution >= 0.6 is 11.6 Å². The van der Waals surface area contributed by atoms with Crippen molar-refractivity contribution in [2.45, 2.75) is 6.92 Å². The van der Waals surface area contributed by atoms with Crippen molar-refractivity contribution in [3.63, 3.8) is 0 Å². The molecule has 116 valence electrons. The summed E-state index contributed by atoms with van der Waals surface area (Å²) in [6.07, 6.45) is 3.42. The third-order valence-electron chi connectivity index (χ3n) is 3.37. The Balaban J connectivity index is 1.90. The Hall–Kier alpha value is -2.86. The van der Waals surface area contributed by atoms with Gasteiger partial charge in [0.1, 0.15) is 11.3 Å². The number of carbonyl (C=O) groups excluding carboxylic acids is 1. The average Bonchev–Trinajstić information content (AvgIpc) is 2.94. The minimum Gasteiger partial charge on any atom is -0.478 e. The van der Waals surface area contributed by atoms with Gasteiger partial charge in [-0.2, -0.15) is 0 Å². The molecule has 0 saturated heterocycles. The van der Waals surface area contributed by atoms with Crippen LogP contribution in [-0.2, 0) is 0 Å². The first-order valence-corrected chi connectivity index (χ1v) is 7.12. The van der Waals surface area contributed by atoms with Crippen LogP contribution in [0.5, 0.6) is 0 Å². The summed E-state index contributed by atoms with van der Waals surface area (Å²) >= 11 is 5.81. The van der Waals surface area contributed by atoms with Crippen LogP contribution in [0.3, 0.4) is 0 Å². The zero-order chi connectivity index (χ0) is 16.6. The monoisotopic (exact) mass is 329 g/mol. The number of nitrogens with one attached hydrogen (secondary N) is 1. The summed E-state index contributed by atoms with van der Waals surface area (Å²) in [6.45, 7) is 1.91. The van der Waals surface area contributed by atoms with Crippen LogP contribution in [0, 0.1) is 6.92 Å². The van der Waals surface area contributed by atoms with E-state index in [0.717, 1.165) is 5.56 Å². The molecule has 0 fully saturated rings. The summed E-state index contributed by atoms with van der Waals surface area (Å²) in [5, 5.41) is 11.8. The molecule has 0 bridgehead atoms. The smallest absolute Gasteiger partial charge is 0.337 e. The first-order valence-electron chi connectivity index (χ1n) is 6.74. The Morgan fingerprint density at radius 1 is 1.30 bits per heavy atom. The lowest BCUT2D eigenvalue weighted by atomic mass is 10.2. The highest BCUT2D eigenvalue weighted by molar-refractivity contribution is 6.33. The molecule has 2 aromatic heterocycles. The molecule has 7 heteroatoms. The molecule has 23 heavy (non-hydrogen) atoms. The zero-order valence-corrected chi connectivity index (χ0v) is 12.8. The van der Waals surface area contributed by atoms with Crippen molar-refractivity contribution < 1.29 is 14.7 Å². The molecule has 3 rings (SSSR count). The lowest BCUT2D eigenvalue weighted by Crippen LogP contribution is -2.13. The second-order valence-electron chi connectivity index (χ2n) is 5.00. The fourth-order valence-electron chi connectivity index (χ4n) is 2.23. The SMILES string of the molecule is Cc1cccn2cc(C(=O)Nc3ccc(Cl)c(C(=O)O)c3)nc12. The molecule has 2 N–H and O–H groups in total. The van der Waals surface area contributed by atoms with E-state index in [1.807, 2.05) is 19.1 Å². The van der Waals surface area contributed by atoms with Gasteiger partial charge in [-0.3, -0.25) is 4.79 Å².